The maximum atomic E-state index is 6.14. The van der Waals surface area contributed by atoms with E-state index in [0.717, 1.165) is 24.6 Å². The molecule has 1 heterocycles. The molecule has 2 atom stereocenters. The summed E-state index contributed by atoms with van der Waals surface area (Å²) in [4.78, 5) is 4.54. The van der Waals surface area contributed by atoms with E-state index < -0.39 is 0 Å². The number of aromatic nitrogens is 2. The van der Waals surface area contributed by atoms with Gasteiger partial charge in [0, 0.05) is 17.9 Å². The van der Waals surface area contributed by atoms with Crippen molar-refractivity contribution in [3.8, 4) is 0 Å². The quantitative estimate of drug-likeness (QED) is 0.872. The largest absolute Gasteiger partial charge is 0.339 e. The molecule has 0 radical (unpaired) electrons. The minimum absolute atomic E-state index is 0.205. The Morgan fingerprint density at radius 3 is 2.82 bits per heavy atom. The first-order valence-corrected chi connectivity index (χ1v) is 6.76. The van der Waals surface area contributed by atoms with Crippen LogP contribution in [0.2, 0.25) is 0 Å². The molecule has 17 heavy (non-hydrogen) atoms. The lowest BCUT2D eigenvalue weighted by Gasteiger charge is -2.27. The first kappa shape index (κ1) is 11.2. The van der Waals surface area contributed by atoms with E-state index in [9.17, 15) is 0 Å². The van der Waals surface area contributed by atoms with Crippen molar-refractivity contribution < 1.29 is 4.52 Å². The molecule has 3 rings (SSSR count). The lowest BCUT2D eigenvalue weighted by atomic mass is 9.83. The fourth-order valence-electron chi connectivity index (χ4n) is 2.71. The van der Waals surface area contributed by atoms with Crippen LogP contribution in [-0.4, -0.2) is 16.2 Å². The van der Waals surface area contributed by atoms with Crippen LogP contribution in [0.5, 0.6) is 0 Å². The van der Waals surface area contributed by atoms with Gasteiger partial charge in [-0.1, -0.05) is 24.9 Å². The Hall–Kier alpha value is -0.900. The lowest BCUT2D eigenvalue weighted by Crippen LogP contribution is -2.34. The summed E-state index contributed by atoms with van der Waals surface area (Å²) >= 11 is 0. The molecule has 2 aliphatic rings. The van der Waals surface area contributed by atoms with Crippen LogP contribution in [0.25, 0.3) is 0 Å². The summed E-state index contributed by atoms with van der Waals surface area (Å²) in [5.41, 5.74) is 6.35. The highest BCUT2D eigenvalue weighted by atomic mass is 16.5. The zero-order valence-electron chi connectivity index (χ0n) is 10.5. The molecule has 4 nitrogen and oxygen atoms in total. The molecule has 0 spiro atoms. The van der Waals surface area contributed by atoms with Crippen molar-refractivity contribution in [3.05, 3.63) is 11.7 Å². The van der Waals surface area contributed by atoms with Gasteiger partial charge >= 0.3 is 0 Å². The van der Waals surface area contributed by atoms with E-state index >= 15 is 0 Å². The maximum absolute atomic E-state index is 6.14. The maximum Gasteiger partial charge on any atom is 0.226 e. The Bertz CT molecular complexity index is 397. The van der Waals surface area contributed by atoms with Crippen LogP contribution in [0, 0.1) is 5.92 Å². The van der Waals surface area contributed by atoms with E-state index in [-0.39, 0.29) is 5.41 Å². The Morgan fingerprint density at radius 1 is 1.35 bits per heavy atom. The van der Waals surface area contributed by atoms with Gasteiger partial charge in [0.1, 0.15) is 0 Å². The molecule has 2 aliphatic carbocycles. The molecule has 2 fully saturated rings. The summed E-state index contributed by atoms with van der Waals surface area (Å²) in [5.74, 6) is 2.22. The zero-order chi connectivity index (χ0) is 11.9. The van der Waals surface area contributed by atoms with Gasteiger partial charge in [-0.3, -0.25) is 0 Å². The third kappa shape index (κ3) is 2.23. The highest BCUT2D eigenvalue weighted by molar-refractivity contribution is 5.14. The van der Waals surface area contributed by atoms with Crippen molar-refractivity contribution in [2.45, 2.75) is 63.3 Å². The fraction of sp³-hybridized carbons (Fsp3) is 0.846. The van der Waals surface area contributed by atoms with Gasteiger partial charge in [0.15, 0.2) is 5.82 Å². The van der Waals surface area contributed by atoms with Crippen molar-refractivity contribution in [1.29, 1.82) is 0 Å². The predicted octanol–water partition coefficient (Wildman–Crippen LogP) is 2.18. The second-order valence-electron chi connectivity index (χ2n) is 5.98. The van der Waals surface area contributed by atoms with Crippen molar-refractivity contribution in [2.24, 2.45) is 11.7 Å². The number of nitrogens with two attached hydrogens (primary N) is 1. The first-order valence-electron chi connectivity index (χ1n) is 6.76. The van der Waals surface area contributed by atoms with Crippen molar-refractivity contribution in [1.82, 2.24) is 10.1 Å². The fourth-order valence-corrected chi connectivity index (χ4v) is 2.71. The highest BCUT2D eigenvalue weighted by Gasteiger charge is 2.43. The normalized spacial score (nSPS) is 31.4. The first-order chi connectivity index (χ1) is 8.17. The Labute approximate surface area is 102 Å². The van der Waals surface area contributed by atoms with E-state index in [2.05, 4.69) is 17.1 Å². The number of rotatable bonds is 3. The molecule has 4 heteroatoms. The summed E-state index contributed by atoms with van der Waals surface area (Å²) in [6, 6.07) is 0.315. The minimum Gasteiger partial charge on any atom is -0.339 e. The average Bonchev–Trinajstić information content (AvgIpc) is 2.90. The molecule has 2 unspecified atom stereocenters. The van der Waals surface area contributed by atoms with E-state index in [1.807, 2.05) is 0 Å². The molecule has 2 N–H and O–H groups in total. The third-order valence-electron chi connectivity index (χ3n) is 4.41. The Kier molecular flexibility index (Phi) is 2.69. The van der Waals surface area contributed by atoms with Crippen LogP contribution in [0.3, 0.4) is 0 Å². The Morgan fingerprint density at radius 2 is 2.12 bits per heavy atom. The van der Waals surface area contributed by atoms with Gasteiger partial charge in [-0.2, -0.15) is 4.98 Å². The van der Waals surface area contributed by atoms with Crippen molar-refractivity contribution in [2.75, 3.05) is 0 Å². The van der Waals surface area contributed by atoms with Gasteiger partial charge in [-0.05, 0) is 31.6 Å². The van der Waals surface area contributed by atoms with Gasteiger partial charge < -0.3 is 10.3 Å². The topological polar surface area (TPSA) is 64.9 Å². The minimum atomic E-state index is 0.205. The smallest absolute Gasteiger partial charge is 0.226 e. The summed E-state index contributed by atoms with van der Waals surface area (Å²) in [6.07, 6.45) is 8.15. The average molecular weight is 235 g/mol. The van der Waals surface area contributed by atoms with Crippen molar-refractivity contribution >= 4 is 0 Å². The third-order valence-corrected chi connectivity index (χ3v) is 4.41. The van der Waals surface area contributed by atoms with Crippen molar-refractivity contribution in [3.63, 3.8) is 0 Å². The van der Waals surface area contributed by atoms with Crippen LogP contribution >= 0.6 is 0 Å². The molecule has 0 aromatic carbocycles. The summed E-state index contributed by atoms with van der Waals surface area (Å²) < 4.78 is 5.37. The van der Waals surface area contributed by atoms with Crippen LogP contribution in [0.1, 0.15) is 57.2 Å². The van der Waals surface area contributed by atoms with Gasteiger partial charge in [-0.15, -0.1) is 0 Å². The number of nitrogens with zero attached hydrogens (tertiary/aromatic N) is 2. The SMILES string of the molecule is CC1(c2noc(CC3CCCCC3N)n2)CC1. The van der Waals surface area contributed by atoms with Crippen LogP contribution < -0.4 is 5.73 Å². The zero-order valence-corrected chi connectivity index (χ0v) is 10.5. The summed E-state index contributed by atoms with van der Waals surface area (Å²) in [6.45, 7) is 2.20. The molecule has 94 valence electrons. The monoisotopic (exact) mass is 235 g/mol. The molecular formula is C13H21N3O. The lowest BCUT2D eigenvalue weighted by molar-refractivity contribution is 0.272. The molecule has 0 aliphatic heterocycles. The molecule has 2 saturated carbocycles. The van der Waals surface area contributed by atoms with E-state index in [4.69, 9.17) is 10.3 Å². The molecule has 1 aromatic heterocycles. The predicted molar refractivity (Wildman–Crippen MR) is 64.5 cm³/mol. The molecule has 0 saturated heterocycles. The van der Waals surface area contributed by atoms with Crippen LogP contribution in [0.4, 0.5) is 0 Å². The van der Waals surface area contributed by atoms with Crippen LogP contribution in [0.15, 0.2) is 4.52 Å². The van der Waals surface area contributed by atoms with E-state index in [1.165, 1.54) is 32.1 Å². The molecule has 0 amide bonds. The van der Waals surface area contributed by atoms with E-state index in [0.29, 0.717) is 12.0 Å². The number of hydrogen-bond donors (Lipinski definition) is 1. The Balaban J connectivity index is 1.66. The standard InChI is InChI=1S/C13H21N3O/c1-13(6-7-13)12-15-11(17-16-12)8-9-4-2-3-5-10(9)14/h9-10H,2-8,14H2,1H3. The summed E-state index contributed by atoms with van der Waals surface area (Å²) in [7, 11) is 0. The van der Waals surface area contributed by atoms with Gasteiger partial charge in [0.2, 0.25) is 5.89 Å². The molecule has 1 aromatic rings. The van der Waals surface area contributed by atoms with Gasteiger partial charge in [0.05, 0.1) is 0 Å². The van der Waals surface area contributed by atoms with Gasteiger partial charge in [-0.25, -0.2) is 0 Å². The molecular weight excluding hydrogens is 214 g/mol. The molecule has 0 bridgehead atoms. The second-order valence-corrected chi connectivity index (χ2v) is 5.98. The number of hydrogen-bond acceptors (Lipinski definition) is 4. The highest BCUT2D eigenvalue weighted by Crippen LogP contribution is 2.46. The summed E-state index contributed by atoms with van der Waals surface area (Å²) in [5, 5.41) is 4.11. The van der Waals surface area contributed by atoms with Gasteiger partial charge in [0.25, 0.3) is 0 Å². The second kappa shape index (κ2) is 4.09. The van der Waals surface area contributed by atoms with Crippen LogP contribution in [-0.2, 0) is 11.8 Å². The van der Waals surface area contributed by atoms with E-state index in [1.54, 1.807) is 0 Å².